The zero-order chi connectivity index (χ0) is 16.9. The molecule has 0 aliphatic rings. The first-order valence-corrected chi connectivity index (χ1v) is 7.17. The Balaban J connectivity index is 3.30. The van der Waals surface area contributed by atoms with Crippen LogP contribution in [0.4, 0.5) is 0 Å². The fourth-order valence-corrected chi connectivity index (χ4v) is 1.93. The number of hydrogen-bond donors (Lipinski definition) is 1. The summed E-state index contributed by atoms with van der Waals surface area (Å²) >= 11 is 0. The number of ether oxygens (including phenoxy) is 1. The predicted molar refractivity (Wildman–Crippen MR) is 87.3 cm³/mol. The molecule has 1 heterocycles. The van der Waals surface area contributed by atoms with Crippen LogP contribution < -0.4 is 0 Å². The van der Waals surface area contributed by atoms with Crippen molar-refractivity contribution in [3.63, 3.8) is 0 Å². The van der Waals surface area contributed by atoms with E-state index in [1.807, 2.05) is 26.8 Å². The van der Waals surface area contributed by atoms with Crippen LogP contribution in [0, 0.1) is 0 Å². The van der Waals surface area contributed by atoms with Crippen LogP contribution in [-0.4, -0.2) is 28.0 Å². The summed E-state index contributed by atoms with van der Waals surface area (Å²) in [7, 11) is 3.01. The molecule has 0 spiro atoms. The summed E-state index contributed by atoms with van der Waals surface area (Å²) in [6.45, 7) is 7.88. The number of esters is 1. The lowest BCUT2D eigenvalue weighted by Crippen LogP contribution is -2.03. The van der Waals surface area contributed by atoms with Gasteiger partial charge in [0.1, 0.15) is 0 Å². The van der Waals surface area contributed by atoms with Gasteiger partial charge in [-0.15, -0.1) is 0 Å². The van der Waals surface area contributed by atoms with Gasteiger partial charge in [-0.3, -0.25) is 0 Å². The van der Waals surface area contributed by atoms with Crippen LogP contribution in [-0.2, 0) is 16.6 Å². The Labute approximate surface area is 131 Å². The van der Waals surface area contributed by atoms with Crippen molar-refractivity contribution >= 4 is 11.5 Å². The van der Waals surface area contributed by atoms with Crippen molar-refractivity contribution in [2.75, 3.05) is 7.11 Å². The van der Waals surface area contributed by atoms with E-state index >= 15 is 0 Å². The lowest BCUT2D eigenvalue weighted by Gasteiger charge is -2.06. The maximum atomic E-state index is 12.0. The van der Waals surface area contributed by atoms with E-state index in [1.165, 1.54) is 17.4 Å². The molecule has 0 saturated heterocycles. The van der Waals surface area contributed by atoms with Gasteiger partial charge in [-0.2, -0.15) is 5.10 Å². The van der Waals surface area contributed by atoms with Crippen LogP contribution in [0.3, 0.4) is 0 Å². The number of carbonyl (C=O) groups is 1. The van der Waals surface area contributed by atoms with Gasteiger partial charge in [0.15, 0.2) is 0 Å². The van der Waals surface area contributed by atoms with Gasteiger partial charge in [-0.05, 0) is 44.9 Å². The minimum Gasteiger partial charge on any atom is -0.493 e. The number of allylic oxidation sites excluding steroid dienone is 4. The Kier molecular flexibility index (Phi) is 6.16. The van der Waals surface area contributed by atoms with E-state index in [-0.39, 0.29) is 5.88 Å². The number of rotatable bonds is 5. The zero-order valence-corrected chi connectivity index (χ0v) is 14.1. The van der Waals surface area contributed by atoms with Gasteiger partial charge in [0.25, 0.3) is 0 Å². The molecule has 22 heavy (non-hydrogen) atoms. The maximum Gasteiger partial charge on any atom is 0.337 e. The number of methoxy groups -OCH3 is 1. The van der Waals surface area contributed by atoms with Crippen LogP contribution in [0.2, 0.25) is 0 Å². The lowest BCUT2D eigenvalue weighted by atomic mass is 10.0. The van der Waals surface area contributed by atoms with Gasteiger partial charge in [-0.25, -0.2) is 9.48 Å². The molecular formula is C17H24N2O3. The average molecular weight is 304 g/mol. The number of aromatic hydroxyl groups is 1. The largest absolute Gasteiger partial charge is 0.493 e. The summed E-state index contributed by atoms with van der Waals surface area (Å²) < 4.78 is 6.22. The van der Waals surface area contributed by atoms with Gasteiger partial charge in [0.2, 0.25) is 5.88 Å². The first kappa shape index (κ1) is 17.8. The fourth-order valence-electron chi connectivity index (χ4n) is 1.93. The topological polar surface area (TPSA) is 64.3 Å². The molecule has 0 bridgehead atoms. The minimum atomic E-state index is -0.411. The Bertz CT molecular complexity index is 649. The molecule has 120 valence electrons. The predicted octanol–water partition coefficient (Wildman–Crippen LogP) is 3.37. The Morgan fingerprint density at radius 3 is 2.45 bits per heavy atom. The summed E-state index contributed by atoms with van der Waals surface area (Å²) in [4.78, 5) is 12.0. The molecule has 0 atom stereocenters. The van der Waals surface area contributed by atoms with E-state index < -0.39 is 5.97 Å². The smallest absolute Gasteiger partial charge is 0.337 e. The monoisotopic (exact) mass is 304 g/mol. The SMILES string of the molecule is CC/C(C)=C(C)/C=C(\C=C(/C)c1cnn(C)c1O)C(=O)OC. The highest BCUT2D eigenvalue weighted by Crippen LogP contribution is 2.25. The van der Waals surface area contributed by atoms with Gasteiger partial charge >= 0.3 is 5.97 Å². The van der Waals surface area contributed by atoms with Crippen LogP contribution >= 0.6 is 0 Å². The molecule has 0 aliphatic heterocycles. The highest BCUT2D eigenvalue weighted by atomic mass is 16.5. The molecule has 1 N–H and O–H groups in total. The third kappa shape index (κ3) is 4.10. The molecule has 0 amide bonds. The number of hydrogen-bond acceptors (Lipinski definition) is 4. The molecule has 0 aromatic carbocycles. The second-order valence-corrected chi connectivity index (χ2v) is 5.24. The molecule has 1 aromatic rings. The highest BCUT2D eigenvalue weighted by Gasteiger charge is 2.12. The number of nitrogens with zero attached hydrogens (tertiary/aromatic N) is 2. The van der Waals surface area contributed by atoms with Gasteiger partial charge in [-0.1, -0.05) is 18.1 Å². The van der Waals surface area contributed by atoms with Crippen molar-refractivity contribution in [3.8, 4) is 5.88 Å². The molecule has 0 saturated carbocycles. The molecular weight excluding hydrogens is 280 g/mol. The van der Waals surface area contributed by atoms with E-state index in [9.17, 15) is 9.90 Å². The highest BCUT2D eigenvalue weighted by molar-refractivity contribution is 5.94. The molecule has 5 nitrogen and oxygen atoms in total. The zero-order valence-electron chi connectivity index (χ0n) is 14.1. The van der Waals surface area contributed by atoms with E-state index in [4.69, 9.17) is 4.74 Å². The third-order valence-electron chi connectivity index (χ3n) is 3.70. The van der Waals surface area contributed by atoms with E-state index in [0.29, 0.717) is 11.1 Å². The standard InChI is InChI=1S/C17H24N2O3/c1-7-11(2)12(3)8-14(17(21)22-6)9-13(4)15-10-18-19(5)16(15)20/h8-10,20H,7H2,1-6H3/b12-11+,13-9+,14-8+. The van der Waals surface area contributed by atoms with Crippen LogP contribution in [0.5, 0.6) is 5.88 Å². The number of aromatic nitrogens is 2. The first-order valence-electron chi connectivity index (χ1n) is 7.17. The molecule has 0 unspecified atom stereocenters. The van der Waals surface area contributed by atoms with E-state index in [1.54, 1.807) is 19.3 Å². The van der Waals surface area contributed by atoms with Crippen LogP contribution in [0.1, 0.15) is 39.7 Å². The second-order valence-electron chi connectivity index (χ2n) is 5.24. The lowest BCUT2D eigenvalue weighted by molar-refractivity contribution is -0.135. The van der Waals surface area contributed by atoms with Crippen molar-refractivity contribution in [2.45, 2.75) is 34.1 Å². The Morgan fingerprint density at radius 1 is 1.36 bits per heavy atom. The van der Waals surface area contributed by atoms with Gasteiger partial charge in [0, 0.05) is 7.05 Å². The Hall–Kier alpha value is -2.30. The normalized spacial score (nSPS) is 13.9. The Morgan fingerprint density at radius 2 is 2.00 bits per heavy atom. The molecule has 0 fully saturated rings. The van der Waals surface area contributed by atoms with Gasteiger partial charge < -0.3 is 9.84 Å². The van der Waals surface area contributed by atoms with E-state index in [0.717, 1.165) is 17.6 Å². The average Bonchev–Trinajstić information content (AvgIpc) is 2.84. The second kappa shape index (κ2) is 7.64. The summed E-state index contributed by atoms with van der Waals surface area (Å²) in [5, 5.41) is 13.9. The quantitative estimate of drug-likeness (QED) is 0.514. The minimum absolute atomic E-state index is 0.0648. The summed E-state index contributed by atoms with van der Waals surface area (Å²) in [5.41, 5.74) is 4.00. The van der Waals surface area contributed by atoms with Crippen LogP contribution in [0.15, 0.2) is 35.1 Å². The van der Waals surface area contributed by atoms with Crippen molar-refractivity contribution in [3.05, 3.63) is 40.6 Å². The van der Waals surface area contributed by atoms with Crippen LogP contribution in [0.25, 0.3) is 5.57 Å². The summed E-state index contributed by atoms with van der Waals surface area (Å²) in [6.07, 6.45) is 6.00. The fraction of sp³-hybridized carbons (Fsp3) is 0.412. The van der Waals surface area contributed by atoms with Crippen molar-refractivity contribution in [1.82, 2.24) is 9.78 Å². The molecule has 1 rings (SSSR count). The number of carbonyl (C=O) groups excluding carboxylic acids is 1. The summed E-state index contributed by atoms with van der Waals surface area (Å²) in [6, 6.07) is 0. The first-order chi connectivity index (χ1) is 10.3. The summed E-state index contributed by atoms with van der Waals surface area (Å²) in [5.74, 6) is -0.346. The van der Waals surface area contributed by atoms with E-state index in [2.05, 4.69) is 12.0 Å². The van der Waals surface area contributed by atoms with Crippen molar-refractivity contribution in [2.24, 2.45) is 7.05 Å². The van der Waals surface area contributed by atoms with Gasteiger partial charge in [0.05, 0.1) is 24.4 Å². The molecule has 5 heteroatoms. The van der Waals surface area contributed by atoms with Crippen molar-refractivity contribution in [1.29, 1.82) is 0 Å². The third-order valence-corrected chi connectivity index (χ3v) is 3.70. The number of aryl methyl sites for hydroxylation is 1. The van der Waals surface area contributed by atoms with Crippen molar-refractivity contribution < 1.29 is 14.6 Å². The molecule has 0 radical (unpaired) electrons. The maximum absolute atomic E-state index is 12.0. The molecule has 1 aromatic heterocycles. The molecule has 0 aliphatic carbocycles.